The second kappa shape index (κ2) is 6.75. The number of carbonyl (C=O) groups is 1. The van der Waals surface area contributed by atoms with E-state index in [4.69, 9.17) is 9.47 Å². The average molecular weight is 270 g/mol. The van der Waals surface area contributed by atoms with Crippen molar-refractivity contribution >= 4 is 5.78 Å². The Morgan fingerprint density at radius 3 is 2.40 bits per heavy atom. The van der Waals surface area contributed by atoms with E-state index in [1.165, 1.54) is 0 Å². The van der Waals surface area contributed by atoms with E-state index >= 15 is 0 Å². The molecule has 0 spiro atoms. The van der Waals surface area contributed by atoms with E-state index in [1.54, 1.807) is 37.4 Å². The SMILES string of the molecule is CCCOc1ccccc1C(=O)c1ccc(OC)cc1. The van der Waals surface area contributed by atoms with Crippen molar-refractivity contribution in [2.45, 2.75) is 13.3 Å². The van der Waals surface area contributed by atoms with Gasteiger partial charge in [-0.2, -0.15) is 0 Å². The summed E-state index contributed by atoms with van der Waals surface area (Å²) in [7, 11) is 1.60. The summed E-state index contributed by atoms with van der Waals surface area (Å²) in [6, 6.07) is 14.4. The highest BCUT2D eigenvalue weighted by Gasteiger charge is 2.14. The summed E-state index contributed by atoms with van der Waals surface area (Å²) < 4.78 is 10.7. The van der Waals surface area contributed by atoms with Crippen LogP contribution in [-0.4, -0.2) is 19.5 Å². The third-order valence-corrected chi connectivity index (χ3v) is 2.95. The van der Waals surface area contributed by atoms with Crippen LogP contribution in [0, 0.1) is 0 Å². The molecule has 0 bridgehead atoms. The van der Waals surface area contributed by atoms with Gasteiger partial charge in [-0.15, -0.1) is 0 Å². The van der Waals surface area contributed by atoms with E-state index < -0.39 is 0 Å². The Kier molecular flexibility index (Phi) is 4.77. The molecule has 0 unspecified atom stereocenters. The predicted molar refractivity (Wildman–Crippen MR) is 78.7 cm³/mol. The van der Waals surface area contributed by atoms with Crippen LogP contribution in [0.4, 0.5) is 0 Å². The molecule has 3 nitrogen and oxygen atoms in total. The lowest BCUT2D eigenvalue weighted by Gasteiger charge is -2.10. The first kappa shape index (κ1) is 14.1. The second-order valence-electron chi connectivity index (χ2n) is 4.40. The van der Waals surface area contributed by atoms with Crippen LogP contribution in [0.2, 0.25) is 0 Å². The third kappa shape index (κ3) is 3.18. The van der Waals surface area contributed by atoms with Gasteiger partial charge in [0, 0.05) is 5.56 Å². The molecule has 2 aromatic carbocycles. The Morgan fingerprint density at radius 1 is 1.05 bits per heavy atom. The maximum Gasteiger partial charge on any atom is 0.196 e. The molecule has 2 rings (SSSR count). The topological polar surface area (TPSA) is 35.5 Å². The zero-order chi connectivity index (χ0) is 14.4. The van der Waals surface area contributed by atoms with Crippen molar-refractivity contribution < 1.29 is 14.3 Å². The van der Waals surface area contributed by atoms with E-state index in [9.17, 15) is 4.79 Å². The highest BCUT2D eigenvalue weighted by molar-refractivity contribution is 6.10. The van der Waals surface area contributed by atoms with Crippen molar-refractivity contribution in [3.8, 4) is 11.5 Å². The van der Waals surface area contributed by atoms with Crippen molar-refractivity contribution in [1.82, 2.24) is 0 Å². The lowest BCUT2D eigenvalue weighted by molar-refractivity contribution is 0.103. The van der Waals surface area contributed by atoms with Crippen LogP contribution >= 0.6 is 0 Å². The van der Waals surface area contributed by atoms with Crippen LogP contribution in [0.15, 0.2) is 48.5 Å². The van der Waals surface area contributed by atoms with E-state index in [-0.39, 0.29) is 5.78 Å². The Bertz CT molecular complexity index is 573. The smallest absolute Gasteiger partial charge is 0.196 e. The van der Waals surface area contributed by atoms with Gasteiger partial charge in [0.2, 0.25) is 0 Å². The number of rotatable bonds is 6. The van der Waals surface area contributed by atoms with Gasteiger partial charge >= 0.3 is 0 Å². The quantitative estimate of drug-likeness (QED) is 0.750. The molecule has 0 heterocycles. The standard InChI is InChI=1S/C17H18O3/c1-3-12-20-16-7-5-4-6-15(16)17(18)13-8-10-14(19-2)11-9-13/h4-11H,3,12H2,1-2H3. The highest BCUT2D eigenvalue weighted by atomic mass is 16.5. The first-order valence-corrected chi connectivity index (χ1v) is 6.67. The summed E-state index contributed by atoms with van der Waals surface area (Å²) >= 11 is 0. The molecule has 0 aromatic heterocycles. The Morgan fingerprint density at radius 2 is 1.75 bits per heavy atom. The van der Waals surface area contributed by atoms with E-state index in [0.29, 0.717) is 23.5 Å². The van der Waals surface area contributed by atoms with Gasteiger partial charge in [0.25, 0.3) is 0 Å². The minimum absolute atomic E-state index is 0.0423. The zero-order valence-electron chi connectivity index (χ0n) is 11.8. The maximum atomic E-state index is 12.5. The molecule has 0 aliphatic rings. The second-order valence-corrected chi connectivity index (χ2v) is 4.40. The maximum absolute atomic E-state index is 12.5. The fourth-order valence-corrected chi connectivity index (χ4v) is 1.89. The normalized spacial score (nSPS) is 10.1. The fourth-order valence-electron chi connectivity index (χ4n) is 1.89. The van der Waals surface area contributed by atoms with E-state index in [0.717, 1.165) is 12.2 Å². The third-order valence-electron chi connectivity index (χ3n) is 2.95. The number of hydrogen-bond donors (Lipinski definition) is 0. The van der Waals surface area contributed by atoms with Crippen molar-refractivity contribution in [2.75, 3.05) is 13.7 Å². The van der Waals surface area contributed by atoms with Gasteiger partial charge in [-0.3, -0.25) is 4.79 Å². The monoisotopic (exact) mass is 270 g/mol. The van der Waals surface area contributed by atoms with Gasteiger partial charge in [-0.25, -0.2) is 0 Å². The molecule has 2 aromatic rings. The average Bonchev–Trinajstić information content (AvgIpc) is 2.52. The van der Waals surface area contributed by atoms with Gasteiger partial charge in [-0.05, 0) is 42.8 Å². The van der Waals surface area contributed by atoms with Crippen molar-refractivity contribution in [3.63, 3.8) is 0 Å². The van der Waals surface area contributed by atoms with Gasteiger partial charge < -0.3 is 9.47 Å². The molecule has 0 atom stereocenters. The van der Waals surface area contributed by atoms with Crippen LogP contribution in [0.25, 0.3) is 0 Å². The molecule has 0 aliphatic carbocycles. The Balaban J connectivity index is 2.27. The number of para-hydroxylation sites is 1. The number of ether oxygens (including phenoxy) is 2. The largest absolute Gasteiger partial charge is 0.497 e. The minimum Gasteiger partial charge on any atom is -0.497 e. The highest BCUT2D eigenvalue weighted by Crippen LogP contribution is 2.22. The number of benzene rings is 2. The number of methoxy groups -OCH3 is 1. The summed E-state index contributed by atoms with van der Waals surface area (Å²) in [5.74, 6) is 1.33. The van der Waals surface area contributed by atoms with Gasteiger partial charge in [-0.1, -0.05) is 19.1 Å². The molecule has 0 fully saturated rings. The van der Waals surface area contributed by atoms with Gasteiger partial charge in [0.15, 0.2) is 5.78 Å². The molecule has 0 saturated heterocycles. The van der Waals surface area contributed by atoms with Crippen molar-refractivity contribution in [3.05, 3.63) is 59.7 Å². The molecule has 0 aliphatic heterocycles. The Labute approximate surface area is 119 Å². The summed E-state index contributed by atoms with van der Waals surface area (Å²) in [6.07, 6.45) is 0.908. The molecule has 0 saturated carbocycles. The number of hydrogen-bond acceptors (Lipinski definition) is 3. The fraction of sp³-hybridized carbons (Fsp3) is 0.235. The van der Waals surface area contributed by atoms with Gasteiger partial charge in [0.05, 0.1) is 19.3 Å². The Hall–Kier alpha value is -2.29. The van der Waals surface area contributed by atoms with Gasteiger partial charge in [0.1, 0.15) is 11.5 Å². The lowest BCUT2D eigenvalue weighted by atomic mass is 10.0. The molecule has 0 N–H and O–H groups in total. The van der Waals surface area contributed by atoms with Crippen LogP contribution < -0.4 is 9.47 Å². The molecule has 0 amide bonds. The van der Waals surface area contributed by atoms with Crippen LogP contribution in [-0.2, 0) is 0 Å². The molecular weight excluding hydrogens is 252 g/mol. The van der Waals surface area contributed by atoms with Crippen LogP contribution in [0.5, 0.6) is 11.5 Å². The van der Waals surface area contributed by atoms with Crippen molar-refractivity contribution in [2.24, 2.45) is 0 Å². The molecule has 0 radical (unpaired) electrons. The summed E-state index contributed by atoms with van der Waals surface area (Å²) in [4.78, 5) is 12.5. The van der Waals surface area contributed by atoms with Crippen LogP contribution in [0.1, 0.15) is 29.3 Å². The minimum atomic E-state index is -0.0423. The summed E-state index contributed by atoms with van der Waals surface area (Å²) in [6.45, 7) is 2.64. The van der Waals surface area contributed by atoms with Crippen LogP contribution in [0.3, 0.4) is 0 Å². The van der Waals surface area contributed by atoms with E-state index in [2.05, 4.69) is 0 Å². The van der Waals surface area contributed by atoms with Crippen molar-refractivity contribution in [1.29, 1.82) is 0 Å². The molecule has 104 valence electrons. The molecule has 20 heavy (non-hydrogen) atoms. The molecule has 3 heteroatoms. The number of ketones is 1. The summed E-state index contributed by atoms with van der Waals surface area (Å²) in [5, 5.41) is 0. The molecular formula is C17H18O3. The first-order chi connectivity index (χ1) is 9.76. The number of carbonyl (C=O) groups excluding carboxylic acids is 1. The predicted octanol–water partition coefficient (Wildman–Crippen LogP) is 3.72. The lowest BCUT2D eigenvalue weighted by Crippen LogP contribution is -2.06. The van der Waals surface area contributed by atoms with E-state index in [1.807, 2.05) is 25.1 Å². The zero-order valence-corrected chi connectivity index (χ0v) is 11.8. The first-order valence-electron chi connectivity index (χ1n) is 6.67. The summed E-state index contributed by atoms with van der Waals surface area (Å²) in [5.41, 5.74) is 1.21.